The predicted octanol–water partition coefficient (Wildman–Crippen LogP) is 7.72. The number of benzene rings is 4. The zero-order valence-corrected chi connectivity index (χ0v) is 38.6. The fraction of sp³-hybridized carbons (Fsp3) is 0.365. The summed E-state index contributed by atoms with van der Waals surface area (Å²) in [4.78, 5) is 0. The summed E-state index contributed by atoms with van der Waals surface area (Å²) in [5.74, 6) is 0.450. The quantitative estimate of drug-likeness (QED) is 0.187. The second kappa shape index (κ2) is 15.5. The van der Waals surface area contributed by atoms with Crippen molar-refractivity contribution in [3.8, 4) is 11.1 Å². The Bertz CT molecular complexity index is 2160. The number of halogens is 2. The van der Waals surface area contributed by atoms with Gasteiger partial charge in [0.1, 0.15) is 0 Å². The van der Waals surface area contributed by atoms with E-state index in [2.05, 4.69) is 178 Å². The van der Waals surface area contributed by atoms with Gasteiger partial charge in [-0.1, -0.05) is 0 Å². The summed E-state index contributed by atoms with van der Waals surface area (Å²) in [6, 6.07) is 33.5. The van der Waals surface area contributed by atoms with Gasteiger partial charge in [-0.2, -0.15) is 0 Å². The number of rotatable bonds is 6. The van der Waals surface area contributed by atoms with E-state index in [4.69, 9.17) is 0 Å². The number of hydrogen-bond acceptors (Lipinski definition) is 0. The third kappa shape index (κ3) is 7.65. The van der Waals surface area contributed by atoms with E-state index >= 15 is 0 Å². The Labute approximate surface area is 352 Å². The molecule has 55 heavy (non-hydrogen) atoms. The van der Waals surface area contributed by atoms with Crippen molar-refractivity contribution in [2.75, 3.05) is 0 Å². The normalized spacial score (nSPS) is 18.7. The Hall–Kier alpha value is -2.83. The molecule has 1 unspecified atom stereocenters. The summed E-state index contributed by atoms with van der Waals surface area (Å²) < 4.78 is 4.02. The molecule has 0 fully saturated rings. The van der Waals surface area contributed by atoms with Crippen molar-refractivity contribution in [3.63, 3.8) is 0 Å². The first-order valence-corrected chi connectivity index (χ1v) is 24.0. The third-order valence-corrected chi connectivity index (χ3v) is 21.7. The van der Waals surface area contributed by atoms with Gasteiger partial charge in [-0.05, 0) is 0 Å². The molecule has 0 aromatic heterocycles. The molecule has 0 spiro atoms. The number of allylic oxidation sites excluding steroid dienone is 8. The molecular formula is C52H58Cl2Zr. The van der Waals surface area contributed by atoms with Crippen molar-refractivity contribution in [1.29, 1.82) is 0 Å². The summed E-state index contributed by atoms with van der Waals surface area (Å²) in [5.41, 5.74) is 19.9. The van der Waals surface area contributed by atoms with Crippen LogP contribution in [0, 0.1) is 11.3 Å². The molecule has 8 rings (SSSR count). The van der Waals surface area contributed by atoms with Gasteiger partial charge in [-0.25, -0.2) is 0 Å². The molecule has 0 nitrogen and oxygen atoms in total. The standard InChI is InChI=1S/C27H29.C15H14.C10H15.2ClH.Zr/c1-16-7-9-26(3,4)24-12-18-11-19-13-25-21(17(2)8-10-27(25,5)6)15-23(19)22(18)14-20(16)24;1-3-8-14(9-4-1)12-7-13-15-10-5-2-6-11-15;1-8-5-6-9(7-8)10(2,3)4;;;/h7-8,11-15H,9-10H2,1-6H3;1-6,8-11H,12-13H2;6-8H,1-4H3;2*1H;/q;;;;;+2/p-2. The smallest absolute Gasteiger partial charge is 1.00 e. The zero-order valence-electron chi connectivity index (χ0n) is 34.6. The van der Waals surface area contributed by atoms with Crippen molar-refractivity contribution in [2.45, 2.75) is 109 Å². The maximum atomic E-state index is 2.74. The maximum absolute atomic E-state index is 2.84. The summed E-state index contributed by atoms with van der Waals surface area (Å²) in [6.07, 6.45) is 14.6. The molecule has 4 aliphatic rings. The van der Waals surface area contributed by atoms with Crippen molar-refractivity contribution < 1.29 is 46.1 Å². The molecule has 0 saturated carbocycles. The van der Waals surface area contributed by atoms with Crippen LogP contribution in [0.15, 0.2) is 118 Å². The minimum absolute atomic E-state index is 0. The Kier molecular flexibility index (Phi) is 11.8. The van der Waals surface area contributed by atoms with Gasteiger partial charge in [0.25, 0.3) is 0 Å². The minimum Gasteiger partial charge on any atom is -1.00 e. The van der Waals surface area contributed by atoms with Crippen LogP contribution < -0.4 is 24.8 Å². The Morgan fingerprint density at radius 1 is 0.655 bits per heavy atom. The van der Waals surface area contributed by atoms with Crippen LogP contribution in [0.5, 0.6) is 0 Å². The molecule has 1 atom stereocenters. The molecule has 0 N–H and O–H groups in total. The first-order valence-electron chi connectivity index (χ1n) is 20.1. The van der Waals surface area contributed by atoms with Crippen LogP contribution in [0.25, 0.3) is 22.3 Å². The molecule has 0 heterocycles. The van der Waals surface area contributed by atoms with Crippen LogP contribution in [-0.4, -0.2) is 3.21 Å². The van der Waals surface area contributed by atoms with E-state index < -0.39 is 21.3 Å². The van der Waals surface area contributed by atoms with E-state index in [9.17, 15) is 0 Å². The van der Waals surface area contributed by atoms with Crippen molar-refractivity contribution >= 4 is 14.4 Å². The van der Waals surface area contributed by atoms with Crippen LogP contribution in [0.2, 0.25) is 0 Å². The molecule has 4 aromatic rings. The van der Waals surface area contributed by atoms with Gasteiger partial charge in [0.05, 0.1) is 0 Å². The number of hydrogen-bond donors (Lipinski definition) is 0. The average Bonchev–Trinajstić information content (AvgIpc) is 3.66. The molecule has 0 amide bonds. The first kappa shape index (κ1) is 41.8. The van der Waals surface area contributed by atoms with Crippen LogP contribution in [0.3, 0.4) is 0 Å². The van der Waals surface area contributed by atoms with Gasteiger partial charge in [0.15, 0.2) is 0 Å². The Morgan fingerprint density at radius 2 is 1.09 bits per heavy atom. The van der Waals surface area contributed by atoms with Gasteiger partial charge in [-0.3, -0.25) is 0 Å². The van der Waals surface area contributed by atoms with Gasteiger partial charge in [0.2, 0.25) is 0 Å². The fourth-order valence-electron chi connectivity index (χ4n) is 9.69. The fourth-order valence-corrected chi connectivity index (χ4v) is 19.3. The van der Waals surface area contributed by atoms with Crippen LogP contribution in [0.1, 0.15) is 130 Å². The molecular weight excluding hydrogens is 787 g/mol. The Morgan fingerprint density at radius 3 is 1.49 bits per heavy atom. The van der Waals surface area contributed by atoms with Crippen molar-refractivity contribution in [1.82, 2.24) is 0 Å². The topological polar surface area (TPSA) is 0 Å². The first-order chi connectivity index (χ1) is 25.1. The van der Waals surface area contributed by atoms with E-state index in [1.54, 1.807) is 25.5 Å². The molecule has 0 radical (unpaired) electrons. The second-order valence-electron chi connectivity index (χ2n) is 19.0. The second-order valence-corrected chi connectivity index (χ2v) is 25.6. The van der Waals surface area contributed by atoms with Crippen LogP contribution in [0.4, 0.5) is 0 Å². The molecule has 4 aromatic carbocycles. The van der Waals surface area contributed by atoms with Crippen molar-refractivity contribution in [3.05, 3.63) is 163 Å². The zero-order chi connectivity index (χ0) is 37.4. The summed E-state index contributed by atoms with van der Waals surface area (Å²) in [7, 11) is 0. The number of fused-ring (bicyclic) bond motifs is 5. The van der Waals surface area contributed by atoms with Crippen LogP contribution >= 0.6 is 0 Å². The summed E-state index contributed by atoms with van der Waals surface area (Å²) in [6.45, 7) is 24.3. The molecule has 0 bridgehead atoms. The van der Waals surface area contributed by atoms with Crippen molar-refractivity contribution in [2.24, 2.45) is 11.3 Å². The van der Waals surface area contributed by atoms with Gasteiger partial charge in [0, 0.05) is 0 Å². The Balaban J connectivity index is 0.00000257. The van der Waals surface area contributed by atoms with E-state index in [0.717, 1.165) is 25.7 Å². The molecule has 0 aliphatic heterocycles. The van der Waals surface area contributed by atoms with E-state index in [0.29, 0.717) is 9.54 Å². The van der Waals surface area contributed by atoms with Gasteiger partial charge in [-0.15, -0.1) is 0 Å². The van der Waals surface area contributed by atoms with Gasteiger partial charge < -0.3 is 24.8 Å². The van der Waals surface area contributed by atoms with E-state index in [1.807, 2.05) is 3.21 Å². The molecule has 284 valence electrons. The SMILES string of the molecule is CC1=CCC(C)(C)c2cc3c(cc21)-c1cc2c(cc1[CH]3[Zr+2]([C]1=CC(C(C)(C)C)=CC1C)=[C](Cc1ccccc1)Cc1ccccc1)C(C)(C)CC=C2C.[Cl-].[Cl-]. The summed E-state index contributed by atoms with van der Waals surface area (Å²) >= 11 is -2.84. The molecule has 3 heteroatoms. The third-order valence-electron chi connectivity index (χ3n) is 13.0. The van der Waals surface area contributed by atoms with Crippen LogP contribution in [-0.2, 0) is 44.9 Å². The van der Waals surface area contributed by atoms with E-state index in [1.165, 1.54) is 50.1 Å². The summed E-state index contributed by atoms with van der Waals surface area (Å²) in [5, 5.41) is 0. The van der Waals surface area contributed by atoms with E-state index in [-0.39, 0.29) is 41.1 Å². The monoisotopic (exact) mass is 842 g/mol. The van der Waals surface area contributed by atoms with Gasteiger partial charge >= 0.3 is 330 Å². The largest absolute Gasteiger partial charge is 1.00 e. The molecule has 0 saturated heterocycles. The predicted molar refractivity (Wildman–Crippen MR) is 226 cm³/mol. The maximum Gasteiger partial charge on any atom is -1.00 e. The minimum atomic E-state index is -2.84. The average molecular weight is 845 g/mol. The molecule has 4 aliphatic carbocycles.